The van der Waals surface area contributed by atoms with Gasteiger partial charge in [0, 0.05) is 32.9 Å². The van der Waals surface area contributed by atoms with Crippen molar-refractivity contribution in [2.24, 2.45) is 5.10 Å². The number of hydrogen-bond acceptors (Lipinski definition) is 8. The van der Waals surface area contributed by atoms with Gasteiger partial charge >= 0.3 is 0 Å². The lowest BCUT2D eigenvalue weighted by Crippen LogP contribution is -2.20. The molecule has 2 amide bonds. The second kappa shape index (κ2) is 14.3. The molecule has 0 aliphatic heterocycles. The first kappa shape index (κ1) is 30.3. The molecule has 44 heavy (non-hydrogen) atoms. The highest BCUT2D eigenvalue weighted by molar-refractivity contribution is 7.14. The summed E-state index contributed by atoms with van der Waals surface area (Å²) in [7, 11) is 1.50. The first-order valence-electron chi connectivity index (χ1n) is 13.5. The van der Waals surface area contributed by atoms with Crippen molar-refractivity contribution < 1.29 is 19.1 Å². The van der Waals surface area contributed by atoms with Gasteiger partial charge in [-0.1, -0.05) is 48.0 Å². The predicted octanol–water partition coefficient (Wildman–Crippen LogP) is 7.31. The molecule has 3 N–H and O–H groups in total. The average Bonchev–Trinajstić information content (AvgIpc) is 3.51. The topological polar surface area (TPSA) is 114 Å². The number of carbonyl (C=O) groups is 2. The van der Waals surface area contributed by atoms with Crippen LogP contribution < -0.4 is 25.5 Å². The standard InChI is InChI=1S/C33H28ClN5O4S/c1-21-8-14-26(17-27(21)34)36-31(40)19-43-29-15-9-22(16-30(29)42-2)18-35-39-32(41)24-12-10-23(11-13-24)28-20-44-33(38-28)37-25-6-4-3-5-7-25/h3-18,20H,19H2,1-2H3,(H,36,40)(H,37,38)(H,39,41)/b35-18+. The first-order valence-corrected chi connectivity index (χ1v) is 14.7. The zero-order chi connectivity index (χ0) is 30.9. The smallest absolute Gasteiger partial charge is 0.271 e. The van der Waals surface area contributed by atoms with Gasteiger partial charge in [0.25, 0.3) is 11.8 Å². The third kappa shape index (κ3) is 8.00. The van der Waals surface area contributed by atoms with Crippen molar-refractivity contribution in [2.75, 3.05) is 24.4 Å². The molecule has 1 heterocycles. The Morgan fingerprint density at radius 1 is 0.955 bits per heavy atom. The summed E-state index contributed by atoms with van der Waals surface area (Å²) in [5, 5.41) is 13.4. The normalized spacial score (nSPS) is 10.8. The minimum Gasteiger partial charge on any atom is -0.493 e. The maximum absolute atomic E-state index is 12.6. The Kier molecular flexibility index (Phi) is 9.85. The molecule has 11 heteroatoms. The van der Waals surface area contributed by atoms with Crippen LogP contribution >= 0.6 is 22.9 Å². The number of anilines is 3. The summed E-state index contributed by atoms with van der Waals surface area (Å²) >= 11 is 7.63. The highest BCUT2D eigenvalue weighted by Gasteiger charge is 2.11. The number of nitrogens with zero attached hydrogens (tertiary/aromatic N) is 2. The molecule has 1 aromatic heterocycles. The fourth-order valence-corrected chi connectivity index (χ4v) is 4.95. The maximum Gasteiger partial charge on any atom is 0.271 e. The number of aromatic nitrogens is 1. The number of methoxy groups -OCH3 is 1. The van der Waals surface area contributed by atoms with Gasteiger partial charge in [-0.05, 0) is 72.6 Å². The van der Waals surface area contributed by atoms with Gasteiger partial charge in [-0.3, -0.25) is 9.59 Å². The van der Waals surface area contributed by atoms with Crippen molar-refractivity contribution in [3.05, 3.63) is 118 Å². The van der Waals surface area contributed by atoms with Crippen molar-refractivity contribution in [3.8, 4) is 22.8 Å². The van der Waals surface area contributed by atoms with Crippen molar-refractivity contribution in [1.82, 2.24) is 10.4 Å². The number of nitrogens with one attached hydrogen (secondary N) is 3. The summed E-state index contributed by atoms with van der Waals surface area (Å²) in [6.45, 7) is 1.66. The summed E-state index contributed by atoms with van der Waals surface area (Å²) in [4.78, 5) is 29.6. The molecule has 5 rings (SSSR count). The van der Waals surface area contributed by atoms with Crippen LogP contribution in [0.5, 0.6) is 11.5 Å². The molecule has 0 aliphatic carbocycles. The second-order valence-corrected chi connectivity index (χ2v) is 10.8. The Balaban J connectivity index is 1.13. The Morgan fingerprint density at radius 3 is 2.50 bits per heavy atom. The minimum atomic E-state index is -0.356. The number of hydrogen-bond donors (Lipinski definition) is 3. The second-order valence-electron chi connectivity index (χ2n) is 9.52. The molecule has 222 valence electrons. The SMILES string of the molecule is COc1cc(/C=N/NC(=O)c2ccc(-c3csc(Nc4ccccc4)n3)cc2)ccc1OCC(=O)Nc1ccc(C)c(Cl)c1. The fourth-order valence-electron chi connectivity index (χ4n) is 4.03. The van der Waals surface area contributed by atoms with Crippen molar-refractivity contribution in [3.63, 3.8) is 0 Å². The van der Waals surface area contributed by atoms with E-state index in [9.17, 15) is 9.59 Å². The van der Waals surface area contributed by atoms with Gasteiger partial charge < -0.3 is 20.1 Å². The van der Waals surface area contributed by atoms with Gasteiger partial charge in [0.2, 0.25) is 0 Å². The predicted molar refractivity (Wildman–Crippen MR) is 176 cm³/mol. The van der Waals surface area contributed by atoms with Crippen LogP contribution in [0.1, 0.15) is 21.5 Å². The number of ether oxygens (including phenoxy) is 2. The van der Waals surface area contributed by atoms with Gasteiger partial charge in [-0.2, -0.15) is 5.10 Å². The van der Waals surface area contributed by atoms with E-state index in [4.69, 9.17) is 21.1 Å². The lowest BCUT2D eigenvalue weighted by molar-refractivity contribution is -0.118. The summed E-state index contributed by atoms with van der Waals surface area (Å²) in [5.74, 6) is 0.0928. The Hall–Kier alpha value is -5.19. The third-order valence-corrected chi connectivity index (χ3v) is 7.52. The molecule has 0 fully saturated rings. The highest BCUT2D eigenvalue weighted by atomic mass is 35.5. The molecule has 0 bridgehead atoms. The van der Waals surface area contributed by atoms with E-state index in [-0.39, 0.29) is 18.4 Å². The molecule has 0 saturated heterocycles. The number of thiazole rings is 1. The number of halogens is 1. The number of aryl methyl sites for hydroxylation is 1. The van der Waals surface area contributed by atoms with Crippen molar-refractivity contribution in [2.45, 2.75) is 6.92 Å². The number of rotatable bonds is 11. The molecular weight excluding hydrogens is 598 g/mol. The molecular formula is C33H28ClN5O4S. The first-order chi connectivity index (χ1) is 21.4. The van der Waals surface area contributed by atoms with Crippen LogP contribution in [-0.4, -0.2) is 36.7 Å². The van der Waals surface area contributed by atoms with E-state index in [0.717, 1.165) is 27.6 Å². The van der Waals surface area contributed by atoms with Crippen LogP contribution in [0, 0.1) is 6.92 Å². The molecule has 0 aliphatic rings. The molecule has 0 saturated carbocycles. The largest absolute Gasteiger partial charge is 0.493 e. The Morgan fingerprint density at radius 2 is 1.75 bits per heavy atom. The minimum absolute atomic E-state index is 0.224. The maximum atomic E-state index is 12.6. The number of amides is 2. The lowest BCUT2D eigenvalue weighted by Gasteiger charge is -2.12. The number of benzene rings is 4. The number of hydrazone groups is 1. The van der Waals surface area contributed by atoms with Crippen LogP contribution in [0.25, 0.3) is 11.3 Å². The van der Waals surface area contributed by atoms with E-state index in [1.807, 2.05) is 60.8 Å². The average molecular weight is 626 g/mol. The van der Waals surface area contributed by atoms with Crippen LogP contribution in [0.15, 0.2) is 101 Å². The summed E-state index contributed by atoms with van der Waals surface area (Å²) in [6.07, 6.45) is 1.49. The van der Waals surface area contributed by atoms with Crippen molar-refractivity contribution >= 4 is 57.5 Å². The van der Waals surface area contributed by atoms with Crippen LogP contribution in [0.3, 0.4) is 0 Å². The Bertz CT molecular complexity index is 1790. The number of para-hydroxylation sites is 1. The molecule has 0 atom stereocenters. The van der Waals surface area contributed by atoms with E-state index < -0.39 is 0 Å². The van der Waals surface area contributed by atoms with Gasteiger partial charge in [0.15, 0.2) is 23.2 Å². The van der Waals surface area contributed by atoms with E-state index in [1.54, 1.807) is 42.5 Å². The van der Waals surface area contributed by atoms with Crippen molar-refractivity contribution in [1.29, 1.82) is 0 Å². The molecule has 0 unspecified atom stereocenters. The lowest BCUT2D eigenvalue weighted by atomic mass is 10.1. The van der Waals surface area contributed by atoms with Gasteiger partial charge in [0.1, 0.15) is 0 Å². The van der Waals surface area contributed by atoms with E-state index in [0.29, 0.717) is 33.3 Å². The molecule has 4 aromatic carbocycles. The molecule has 9 nitrogen and oxygen atoms in total. The van der Waals surface area contributed by atoms with Gasteiger partial charge in [-0.25, -0.2) is 10.4 Å². The van der Waals surface area contributed by atoms with E-state index >= 15 is 0 Å². The fraction of sp³-hybridized carbons (Fsp3) is 0.0909. The van der Waals surface area contributed by atoms with E-state index in [1.165, 1.54) is 24.7 Å². The molecule has 0 radical (unpaired) electrons. The van der Waals surface area contributed by atoms with Gasteiger partial charge in [0.05, 0.1) is 19.0 Å². The molecule has 5 aromatic rings. The third-order valence-electron chi connectivity index (χ3n) is 6.35. The molecule has 0 spiro atoms. The van der Waals surface area contributed by atoms with Crippen LogP contribution in [0.2, 0.25) is 5.02 Å². The summed E-state index contributed by atoms with van der Waals surface area (Å²) in [6, 6.07) is 27.3. The summed E-state index contributed by atoms with van der Waals surface area (Å²) in [5.41, 5.74) is 7.83. The van der Waals surface area contributed by atoms with Crippen LogP contribution in [0.4, 0.5) is 16.5 Å². The highest BCUT2D eigenvalue weighted by Crippen LogP contribution is 2.29. The zero-order valence-corrected chi connectivity index (χ0v) is 25.4. The quantitative estimate of drug-likeness (QED) is 0.105. The zero-order valence-electron chi connectivity index (χ0n) is 23.8. The summed E-state index contributed by atoms with van der Waals surface area (Å²) < 4.78 is 11.1. The Labute approximate surface area is 263 Å². The van der Waals surface area contributed by atoms with Gasteiger partial charge in [-0.15, -0.1) is 11.3 Å². The van der Waals surface area contributed by atoms with E-state index in [2.05, 4.69) is 26.1 Å². The van der Waals surface area contributed by atoms with Crippen LogP contribution in [-0.2, 0) is 4.79 Å². The number of carbonyl (C=O) groups excluding carboxylic acids is 2. The monoisotopic (exact) mass is 625 g/mol.